The molecule has 0 amide bonds. The van der Waals surface area contributed by atoms with Gasteiger partial charge in [0.15, 0.2) is 17.5 Å². The second-order valence-corrected chi connectivity index (χ2v) is 14.0. The first-order chi connectivity index (χ1) is 27.8. The van der Waals surface area contributed by atoms with Gasteiger partial charge in [0.1, 0.15) is 11.2 Å². The van der Waals surface area contributed by atoms with Crippen LogP contribution in [0.25, 0.3) is 106 Å². The zero-order valence-corrected chi connectivity index (χ0v) is 30.2. The van der Waals surface area contributed by atoms with Gasteiger partial charge >= 0.3 is 0 Å². The summed E-state index contributed by atoms with van der Waals surface area (Å²) in [4.78, 5) is 14.8. The Balaban J connectivity index is 1.02. The van der Waals surface area contributed by atoms with Gasteiger partial charge in [-0.2, -0.15) is 0 Å². The quantitative estimate of drug-likeness (QED) is 0.172. The highest BCUT2D eigenvalue weighted by Crippen LogP contribution is 2.42. The number of fused-ring (bicyclic) bond motifs is 6. The zero-order chi connectivity index (χ0) is 37.0. The monoisotopic (exact) mass is 716 g/mol. The lowest BCUT2D eigenvalue weighted by atomic mass is 9.99. The molecule has 3 aromatic heterocycles. The molecule has 0 unspecified atom stereocenters. The van der Waals surface area contributed by atoms with Gasteiger partial charge < -0.3 is 8.98 Å². The Bertz CT molecular complexity index is 3160. The molecule has 11 rings (SSSR count). The van der Waals surface area contributed by atoms with E-state index in [9.17, 15) is 0 Å². The molecular weight excluding hydrogens is 685 g/mol. The van der Waals surface area contributed by atoms with Crippen molar-refractivity contribution in [3.8, 4) is 62.1 Å². The number of benzene rings is 8. The van der Waals surface area contributed by atoms with Crippen LogP contribution in [0.3, 0.4) is 0 Å². The predicted octanol–water partition coefficient (Wildman–Crippen LogP) is 13.2. The number of hydrogen-bond acceptors (Lipinski definition) is 4. The van der Waals surface area contributed by atoms with Gasteiger partial charge in [-0.25, -0.2) is 15.0 Å². The van der Waals surface area contributed by atoms with E-state index in [-0.39, 0.29) is 0 Å². The highest BCUT2D eigenvalue weighted by molar-refractivity contribution is 6.15. The molecule has 5 nitrogen and oxygen atoms in total. The number of furan rings is 1. The van der Waals surface area contributed by atoms with Crippen LogP contribution in [0.4, 0.5) is 0 Å². The zero-order valence-electron chi connectivity index (χ0n) is 30.2. The van der Waals surface area contributed by atoms with E-state index in [4.69, 9.17) is 19.4 Å². The fourth-order valence-electron chi connectivity index (χ4n) is 8.01. The number of hydrogen-bond donors (Lipinski definition) is 0. The number of rotatable bonds is 6. The van der Waals surface area contributed by atoms with Gasteiger partial charge in [0, 0.05) is 55.0 Å². The molecule has 0 N–H and O–H groups in total. The summed E-state index contributed by atoms with van der Waals surface area (Å²) in [7, 11) is 0. The first-order valence-electron chi connectivity index (χ1n) is 18.8. The summed E-state index contributed by atoms with van der Waals surface area (Å²) >= 11 is 0. The summed E-state index contributed by atoms with van der Waals surface area (Å²) in [5, 5.41) is 4.60. The predicted molar refractivity (Wildman–Crippen MR) is 229 cm³/mol. The Morgan fingerprint density at radius 1 is 0.321 bits per heavy atom. The van der Waals surface area contributed by atoms with Crippen LogP contribution in [0.1, 0.15) is 0 Å². The summed E-state index contributed by atoms with van der Waals surface area (Å²) in [6.45, 7) is 0. The number of aromatic nitrogens is 4. The maximum Gasteiger partial charge on any atom is 0.164 e. The van der Waals surface area contributed by atoms with E-state index in [1.54, 1.807) is 0 Å². The van der Waals surface area contributed by atoms with Crippen LogP contribution in [0.5, 0.6) is 0 Å². The van der Waals surface area contributed by atoms with E-state index in [2.05, 4.69) is 132 Å². The molecule has 262 valence electrons. The standard InChI is InChI=1S/C51H32N4O/c1-4-14-33(15-5-1)39-21-12-23-42-43-24-13-22-40(48(43)56-47(39)42)37-28-31-46-44(32-37)41-20-10-11-25-45(41)55(46)38-29-26-36(27-30-38)51-53-49(34-16-6-2-7-17-34)52-50(54-51)35-18-8-3-9-19-35/h1-32H. The molecule has 0 bridgehead atoms. The van der Waals surface area contributed by atoms with E-state index >= 15 is 0 Å². The lowest BCUT2D eigenvalue weighted by molar-refractivity contribution is 0.671. The normalized spacial score (nSPS) is 11.6. The molecule has 5 heteroatoms. The molecule has 0 spiro atoms. The van der Waals surface area contributed by atoms with Crippen LogP contribution in [0.15, 0.2) is 199 Å². The van der Waals surface area contributed by atoms with Gasteiger partial charge in [-0.1, -0.05) is 152 Å². The average molecular weight is 717 g/mol. The van der Waals surface area contributed by atoms with Crippen molar-refractivity contribution in [2.75, 3.05) is 0 Å². The molecular formula is C51H32N4O. The third kappa shape index (κ3) is 5.29. The van der Waals surface area contributed by atoms with E-state index in [1.807, 2.05) is 66.7 Å². The molecule has 0 saturated heterocycles. The minimum Gasteiger partial charge on any atom is -0.455 e. The van der Waals surface area contributed by atoms with Crippen LogP contribution in [-0.2, 0) is 0 Å². The van der Waals surface area contributed by atoms with Gasteiger partial charge in [0.25, 0.3) is 0 Å². The Morgan fingerprint density at radius 3 is 1.36 bits per heavy atom. The van der Waals surface area contributed by atoms with Crippen molar-refractivity contribution in [1.29, 1.82) is 0 Å². The highest BCUT2D eigenvalue weighted by Gasteiger charge is 2.19. The minimum atomic E-state index is 0.631. The second-order valence-electron chi connectivity index (χ2n) is 14.0. The van der Waals surface area contributed by atoms with Gasteiger partial charge in [0.2, 0.25) is 0 Å². The van der Waals surface area contributed by atoms with Crippen molar-refractivity contribution in [3.05, 3.63) is 194 Å². The molecule has 8 aromatic carbocycles. The lowest BCUT2D eigenvalue weighted by Crippen LogP contribution is -2.00. The lowest BCUT2D eigenvalue weighted by Gasteiger charge is -2.11. The van der Waals surface area contributed by atoms with E-state index in [0.717, 1.165) is 77.6 Å². The highest BCUT2D eigenvalue weighted by atomic mass is 16.3. The van der Waals surface area contributed by atoms with Gasteiger partial charge in [0.05, 0.1) is 11.0 Å². The maximum atomic E-state index is 6.79. The first-order valence-corrected chi connectivity index (χ1v) is 18.8. The summed E-state index contributed by atoms with van der Waals surface area (Å²) in [5.41, 5.74) is 12.4. The van der Waals surface area contributed by atoms with E-state index < -0.39 is 0 Å². The van der Waals surface area contributed by atoms with Gasteiger partial charge in [-0.3, -0.25) is 0 Å². The maximum absolute atomic E-state index is 6.79. The Labute approximate surface area is 322 Å². The molecule has 0 radical (unpaired) electrons. The Morgan fingerprint density at radius 2 is 0.768 bits per heavy atom. The SMILES string of the molecule is c1ccc(-c2nc(-c3ccccc3)nc(-c3ccc(-n4c5ccccc5c5cc(-c6cccc7c6oc6c(-c8ccccc8)cccc67)ccc54)cc3)n2)cc1. The van der Waals surface area contributed by atoms with Crippen LogP contribution < -0.4 is 0 Å². The molecule has 0 atom stereocenters. The van der Waals surface area contributed by atoms with Gasteiger partial charge in [-0.05, 0) is 53.6 Å². The summed E-state index contributed by atoms with van der Waals surface area (Å²) in [5.74, 6) is 1.92. The summed E-state index contributed by atoms with van der Waals surface area (Å²) in [6, 6.07) is 67.4. The Hall–Kier alpha value is -7.63. The molecule has 0 saturated carbocycles. The van der Waals surface area contributed by atoms with E-state index in [0.29, 0.717) is 17.5 Å². The molecule has 0 aliphatic rings. The van der Waals surface area contributed by atoms with Crippen LogP contribution in [0.2, 0.25) is 0 Å². The number of para-hydroxylation sites is 3. The topological polar surface area (TPSA) is 56.7 Å². The van der Waals surface area contributed by atoms with Crippen LogP contribution in [-0.4, -0.2) is 19.5 Å². The molecule has 56 heavy (non-hydrogen) atoms. The van der Waals surface area contributed by atoms with Crippen molar-refractivity contribution in [3.63, 3.8) is 0 Å². The smallest absolute Gasteiger partial charge is 0.164 e. The fourth-order valence-corrected chi connectivity index (χ4v) is 8.01. The molecule has 0 fully saturated rings. The third-order valence-electron chi connectivity index (χ3n) is 10.7. The van der Waals surface area contributed by atoms with Crippen LogP contribution >= 0.6 is 0 Å². The molecule has 0 aliphatic carbocycles. The largest absolute Gasteiger partial charge is 0.455 e. The minimum absolute atomic E-state index is 0.631. The van der Waals surface area contributed by atoms with E-state index in [1.165, 1.54) is 10.8 Å². The van der Waals surface area contributed by atoms with Crippen molar-refractivity contribution in [1.82, 2.24) is 19.5 Å². The second kappa shape index (κ2) is 13.0. The Kier molecular flexibility index (Phi) is 7.42. The van der Waals surface area contributed by atoms with Gasteiger partial charge in [-0.15, -0.1) is 0 Å². The third-order valence-corrected chi connectivity index (χ3v) is 10.7. The summed E-state index contributed by atoms with van der Waals surface area (Å²) < 4.78 is 9.13. The summed E-state index contributed by atoms with van der Waals surface area (Å²) in [6.07, 6.45) is 0. The van der Waals surface area contributed by atoms with Crippen molar-refractivity contribution < 1.29 is 4.42 Å². The molecule has 0 aliphatic heterocycles. The van der Waals surface area contributed by atoms with Crippen molar-refractivity contribution in [2.45, 2.75) is 0 Å². The fraction of sp³-hybridized carbons (Fsp3) is 0. The van der Waals surface area contributed by atoms with Crippen LogP contribution in [0, 0.1) is 0 Å². The number of nitrogens with zero attached hydrogens (tertiary/aromatic N) is 4. The first kappa shape index (κ1) is 31.9. The molecule has 11 aromatic rings. The van der Waals surface area contributed by atoms with Crippen molar-refractivity contribution >= 4 is 43.7 Å². The van der Waals surface area contributed by atoms with Crippen molar-refractivity contribution in [2.24, 2.45) is 0 Å². The molecule has 3 heterocycles. The average Bonchev–Trinajstić information content (AvgIpc) is 3.83.